The highest BCUT2D eigenvalue weighted by Crippen LogP contribution is 2.37. The highest BCUT2D eigenvalue weighted by molar-refractivity contribution is 7.80. The van der Waals surface area contributed by atoms with Crippen LogP contribution in [0.4, 0.5) is 0 Å². The predicted octanol–water partition coefficient (Wildman–Crippen LogP) is 5.06. The molecule has 6 heteroatoms. The molecule has 0 bridgehead atoms. The van der Waals surface area contributed by atoms with Crippen molar-refractivity contribution in [2.75, 3.05) is 12.5 Å². The van der Waals surface area contributed by atoms with Gasteiger partial charge in [-0.05, 0) is 41.0 Å². The van der Waals surface area contributed by atoms with Crippen molar-refractivity contribution in [3.63, 3.8) is 0 Å². The SMILES string of the molecule is CC(C)c1cc(C(=N)C(C)c2ccc3c(c2)OCO3)c(O)cc1O.CCS. The second kappa shape index (κ2) is 9.04. The fraction of sp³-hybridized carbons (Fsp3) is 0.381. The molecule has 0 saturated carbocycles. The maximum Gasteiger partial charge on any atom is 0.231 e. The Morgan fingerprint density at radius 1 is 1.07 bits per heavy atom. The van der Waals surface area contributed by atoms with Crippen LogP contribution in [0.25, 0.3) is 0 Å². The van der Waals surface area contributed by atoms with Crippen LogP contribution in [-0.2, 0) is 0 Å². The Morgan fingerprint density at radius 2 is 1.70 bits per heavy atom. The third-order valence-corrected chi connectivity index (χ3v) is 4.39. The minimum absolute atomic E-state index is 0.0507. The van der Waals surface area contributed by atoms with Gasteiger partial charge in [-0.3, -0.25) is 0 Å². The zero-order chi connectivity index (χ0) is 20.1. The molecular weight excluding hydrogens is 362 g/mol. The molecule has 0 amide bonds. The lowest BCUT2D eigenvalue weighted by molar-refractivity contribution is 0.174. The average molecular weight is 390 g/mol. The first-order valence-corrected chi connectivity index (χ1v) is 9.58. The van der Waals surface area contributed by atoms with Crippen molar-refractivity contribution in [2.45, 2.75) is 39.5 Å². The lowest BCUT2D eigenvalue weighted by Gasteiger charge is -2.18. The second-order valence-electron chi connectivity index (χ2n) is 6.65. The van der Waals surface area contributed by atoms with Crippen LogP contribution in [0.15, 0.2) is 30.3 Å². The molecule has 0 saturated heterocycles. The normalized spacial score (nSPS) is 13.1. The molecule has 3 N–H and O–H groups in total. The third-order valence-electron chi connectivity index (χ3n) is 4.39. The Morgan fingerprint density at radius 3 is 2.33 bits per heavy atom. The van der Waals surface area contributed by atoms with E-state index in [9.17, 15) is 10.2 Å². The summed E-state index contributed by atoms with van der Waals surface area (Å²) in [6, 6.07) is 8.60. The topological polar surface area (TPSA) is 82.8 Å². The van der Waals surface area contributed by atoms with Crippen molar-refractivity contribution in [1.29, 1.82) is 5.41 Å². The lowest BCUT2D eigenvalue weighted by atomic mass is 9.88. The number of hydrogen-bond acceptors (Lipinski definition) is 6. The fourth-order valence-corrected chi connectivity index (χ4v) is 2.85. The quantitative estimate of drug-likeness (QED) is 0.435. The van der Waals surface area contributed by atoms with E-state index in [4.69, 9.17) is 14.9 Å². The second-order valence-corrected chi connectivity index (χ2v) is 7.28. The van der Waals surface area contributed by atoms with E-state index in [0.717, 1.165) is 11.3 Å². The van der Waals surface area contributed by atoms with Crippen LogP contribution in [0.2, 0.25) is 0 Å². The monoisotopic (exact) mass is 389 g/mol. The largest absolute Gasteiger partial charge is 0.508 e. The molecule has 2 aromatic rings. The Balaban J connectivity index is 0.000000817. The zero-order valence-corrected chi connectivity index (χ0v) is 17.0. The molecule has 1 unspecified atom stereocenters. The first-order valence-electron chi connectivity index (χ1n) is 8.95. The summed E-state index contributed by atoms with van der Waals surface area (Å²) in [6.45, 7) is 8.02. The van der Waals surface area contributed by atoms with E-state index in [1.807, 2.05) is 45.9 Å². The Kier molecular flexibility index (Phi) is 7.02. The molecule has 1 aliphatic rings. The predicted molar refractivity (Wildman–Crippen MR) is 111 cm³/mol. The van der Waals surface area contributed by atoms with Gasteiger partial charge in [-0.25, -0.2) is 0 Å². The van der Waals surface area contributed by atoms with Gasteiger partial charge in [0, 0.05) is 23.3 Å². The molecule has 0 spiro atoms. The van der Waals surface area contributed by atoms with Gasteiger partial charge in [0.25, 0.3) is 0 Å². The lowest BCUT2D eigenvalue weighted by Crippen LogP contribution is -2.11. The number of ether oxygens (including phenoxy) is 2. The molecule has 2 aromatic carbocycles. The van der Waals surface area contributed by atoms with Gasteiger partial charge in [0.1, 0.15) is 11.5 Å². The summed E-state index contributed by atoms with van der Waals surface area (Å²) in [5, 5.41) is 28.6. The maximum absolute atomic E-state index is 10.2. The number of hydrogen-bond donors (Lipinski definition) is 4. The molecule has 0 fully saturated rings. The van der Waals surface area contributed by atoms with E-state index in [2.05, 4.69) is 12.6 Å². The summed E-state index contributed by atoms with van der Waals surface area (Å²) in [5.74, 6) is 2.13. The Bertz CT molecular complexity index is 820. The summed E-state index contributed by atoms with van der Waals surface area (Å²) in [6.07, 6.45) is 0. The first kappa shape index (κ1) is 21.0. The molecule has 1 aliphatic heterocycles. The summed E-state index contributed by atoms with van der Waals surface area (Å²) in [7, 11) is 0. The van der Waals surface area contributed by atoms with Crippen LogP contribution >= 0.6 is 12.6 Å². The minimum atomic E-state index is -0.241. The van der Waals surface area contributed by atoms with E-state index in [1.54, 1.807) is 6.07 Å². The number of rotatable bonds is 4. The zero-order valence-electron chi connectivity index (χ0n) is 16.1. The van der Waals surface area contributed by atoms with Gasteiger partial charge in [-0.15, -0.1) is 0 Å². The van der Waals surface area contributed by atoms with Crippen LogP contribution < -0.4 is 9.47 Å². The third kappa shape index (κ3) is 4.69. The number of thiol groups is 1. The highest BCUT2D eigenvalue weighted by Gasteiger charge is 2.22. The Labute approximate surface area is 165 Å². The number of fused-ring (bicyclic) bond motifs is 1. The van der Waals surface area contributed by atoms with Crippen LogP contribution in [0.3, 0.4) is 0 Å². The van der Waals surface area contributed by atoms with Crippen molar-refractivity contribution in [3.05, 3.63) is 47.0 Å². The van der Waals surface area contributed by atoms with Crippen LogP contribution in [-0.4, -0.2) is 28.5 Å². The highest BCUT2D eigenvalue weighted by atomic mass is 32.1. The summed E-state index contributed by atoms with van der Waals surface area (Å²) >= 11 is 3.79. The van der Waals surface area contributed by atoms with E-state index in [0.29, 0.717) is 22.6 Å². The van der Waals surface area contributed by atoms with Crippen molar-refractivity contribution in [3.8, 4) is 23.0 Å². The molecule has 0 aliphatic carbocycles. The molecule has 1 atom stereocenters. The summed E-state index contributed by atoms with van der Waals surface area (Å²) in [5.41, 5.74) is 2.34. The van der Waals surface area contributed by atoms with Gasteiger partial charge in [-0.2, -0.15) is 12.6 Å². The van der Waals surface area contributed by atoms with Gasteiger partial charge in [-0.1, -0.05) is 33.8 Å². The fourth-order valence-electron chi connectivity index (χ4n) is 2.85. The van der Waals surface area contributed by atoms with E-state index >= 15 is 0 Å². The van der Waals surface area contributed by atoms with Gasteiger partial charge in [0.2, 0.25) is 6.79 Å². The van der Waals surface area contributed by atoms with E-state index < -0.39 is 0 Å². The summed E-state index contributed by atoms with van der Waals surface area (Å²) < 4.78 is 10.7. The number of benzene rings is 2. The molecular formula is C21H27NO4S. The number of phenolic OH excluding ortho intramolecular Hbond substituents is 2. The smallest absolute Gasteiger partial charge is 0.231 e. The molecule has 27 heavy (non-hydrogen) atoms. The van der Waals surface area contributed by atoms with Gasteiger partial charge in [0.05, 0.1) is 0 Å². The number of aromatic hydroxyl groups is 2. The van der Waals surface area contributed by atoms with Crippen LogP contribution in [0.1, 0.15) is 56.2 Å². The molecule has 1 heterocycles. The van der Waals surface area contributed by atoms with Crippen molar-refractivity contribution in [2.24, 2.45) is 0 Å². The summed E-state index contributed by atoms with van der Waals surface area (Å²) in [4.78, 5) is 0. The van der Waals surface area contributed by atoms with Gasteiger partial charge >= 0.3 is 0 Å². The Hall–Kier alpha value is -2.34. The molecule has 146 valence electrons. The molecule has 0 radical (unpaired) electrons. The van der Waals surface area contributed by atoms with Gasteiger partial charge in [0.15, 0.2) is 11.5 Å². The van der Waals surface area contributed by atoms with Crippen molar-refractivity contribution in [1.82, 2.24) is 0 Å². The standard InChI is InChI=1S/C19H21NO4.C2H6S/c1-10(2)13-7-14(16(22)8-15(13)21)19(20)11(3)12-4-5-17-18(6-12)24-9-23-17;1-2-3/h4-8,10-11,20-22H,9H2,1-3H3;3H,2H2,1H3. The van der Waals surface area contributed by atoms with Crippen molar-refractivity contribution < 1.29 is 19.7 Å². The van der Waals surface area contributed by atoms with Gasteiger partial charge < -0.3 is 25.1 Å². The van der Waals surface area contributed by atoms with Crippen molar-refractivity contribution >= 4 is 18.3 Å². The first-order chi connectivity index (χ1) is 12.8. The van der Waals surface area contributed by atoms with Crippen LogP contribution in [0.5, 0.6) is 23.0 Å². The average Bonchev–Trinajstić information content (AvgIpc) is 3.08. The minimum Gasteiger partial charge on any atom is -0.508 e. The molecule has 5 nitrogen and oxygen atoms in total. The molecule has 0 aromatic heterocycles. The number of nitrogens with one attached hydrogen (secondary N) is 1. The maximum atomic E-state index is 10.2. The van der Waals surface area contributed by atoms with E-state index in [1.165, 1.54) is 6.07 Å². The van der Waals surface area contributed by atoms with E-state index in [-0.39, 0.29) is 35.8 Å². The van der Waals surface area contributed by atoms with Crippen LogP contribution in [0, 0.1) is 5.41 Å². The molecule has 3 rings (SSSR count). The number of phenols is 2.